The maximum Gasteiger partial charge on any atom is 0.155 e. The van der Waals surface area contributed by atoms with Gasteiger partial charge in [-0.25, -0.2) is 0 Å². The summed E-state index contributed by atoms with van der Waals surface area (Å²) in [7, 11) is 0. The molecule has 3 aliphatic rings. The monoisotopic (exact) mass is 402 g/mol. The van der Waals surface area contributed by atoms with Gasteiger partial charge < -0.3 is 5.11 Å². The Balaban J connectivity index is 2.14. The molecule has 4 unspecified atom stereocenters. The molecule has 0 heterocycles. The third-order valence-electron chi connectivity index (χ3n) is 10.7. The minimum atomic E-state index is -0.474. The van der Waals surface area contributed by atoms with Crippen LogP contribution in [0.25, 0.3) is 0 Å². The molecule has 0 radical (unpaired) electrons. The molecule has 0 aromatic carbocycles. The lowest BCUT2D eigenvalue weighted by Crippen LogP contribution is -2.67. The van der Waals surface area contributed by atoms with E-state index >= 15 is 0 Å². The number of hydrogen-bond acceptors (Lipinski definition) is 3. The maximum absolute atomic E-state index is 13.1. The SMILES string of the molecule is CCC(=O)[C@@](C)(CC)[C@@]1(C)C[C@H](O)C2(C)C(CC(C)C3=CC(=O)CC[C@@]32C)C1C. The summed E-state index contributed by atoms with van der Waals surface area (Å²) in [5.41, 5.74) is 0.169. The molecular formula is C26H42O3. The molecule has 3 rings (SSSR count). The second kappa shape index (κ2) is 7.04. The highest BCUT2D eigenvalue weighted by Gasteiger charge is 2.68. The van der Waals surface area contributed by atoms with Gasteiger partial charge in [-0.1, -0.05) is 61.0 Å². The molecule has 8 atom stereocenters. The van der Waals surface area contributed by atoms with E-state index in [1.165, 1.54) is 5.57 Å². The fourth-order valence-electron chi connectivity index (χ4n) is 7.97. The van der Waals surface area contributed by atoms with Crippen LogP contribution in [0.5, 0.6) is 0 Å². The fraction of sp³-hybridized carbons (Fsp3) is 0.846. The third-order valence-corrected chi connectivity index (χ3v) is 10.7. The number of carbonyl (C=O) groups excluding carboxylic acids is 2. The fourth-order valence-corrected chi connectivity index (χ4v) is 7.97. The summed E-state index contributed by atoms with van der Waals surface area (Å²) in [6, 6.07) is 0. The first kappa shape index (κ1) is 22.7. The minimum absolute atomic E-state index is 0.157. The van der Waals surface area contributed by atoms with Crippen molar-refractivity contribution in [1.82, 2.24) is 0 Å². The molecule has 29 heavy (non-hydrogen) atoms. The minimum Gasteiger partial charge on any atom is -0.392 e. The number of carbonyl (C=O) groups is 2. The van der Waals surface area contributed by atoms with Crippen molar-refractivity contribution in [2.24, 2.45) is 39.4 Å². The number of Topliss-reactive ketones (excluding diaryl/α,β-unsaturated/α-hetero) is 1. The van der Waals surface area contributed by atoms with E-state index in [2.05, 4.69) is 48.5 Å². The summed E-state index contributed by atoms with van der Waals surface area (Å²) in [4.78, 5) is 25.3. The summed E-state index contributed by atoms with van der Waals surface area (Å²) in [6.07, 6.45) is 5.83. The van der Waals surface area contributed by atoms with Crippen LogP contribution in [-0.2, 0) is 9.59 Å². The lowest BCUT2D eigenvalue weighted by molar-refractivity contribution is -0.217. The summed E-state index contributed by atoms with van der Waals surface area (Å²) >= 11 is 0. The van der Waals surface area contributed by atoms with Gasteiger partial charge in [-0.2, -0.15) is 0 Å². The third kappa shape index (κ3) is 2.71. The van der Waals surface area contributed by atoms with Crippen LogP contribution in [0.3, 0.4) is 0 Å². The molecule has 0 aromatic heterocycles. The molecule has 2 fully saturated rings. The van der Waals surface area contributed by atoms with E-state index in [1.54, 1.807) is 0 Å². The number of hydrogen-bond donors (Lipinski definition) is 1. The summed E-state index contributed by atoms with van der Waals surface area (Å²) < 4.78 is 0. The number of rotatable bonds is 4. The van der Waals surface area contributed by atoms with Gasteiger partial charge in [0.15, 0.2) is 5.78 Å². The number of allylic oxidation sites excluding steroid dienone is 2. The number of ketones is 2. The molecule has 0 aliphatic heterocycles. The molecule has 0 bridgehead atoms. The average molecular weight is 403 g/mol. The first-order valence-corrected chi connectivity index (χ1v) is 11.8. The van der Waals surface area contributed by atoms with Gasteiger partial charge in [-0.05, 0) is 60.3 Å². The second-order valence-electron chi connectivity index (χ2n) is 11.3. The Bertz CT molecular complexity index is 738. The van der Waals surface area contributed by atoms with E-state index in [0.29, 0.717) is 42.8 Å². The van der Waals surface area contributed by atoms with Gasteiger partial charge in [0.05, 0.1) is 6.10 Å². The van der Waals surface area contributed by atoms with E-state index in [-0.39, 0.29) is 22.0 Å². The highest BCUT2D eigenvalue weighted by atomic mass is 16.3. The summed E-state index contributed by atoms with van der Waals surface area (Å²) in [6.45, 7) is 17.7. The number of aliphatic hydroxyl groups is 1. The highest BCUT2D eigenvalue weighted by Crippen LogP contribution is 2.71. The number of fused-ring (bicyclic) bond motifs is 3. The van der Waals surface area contributed by atoms with Crippen molar-refractivity contribution in [2.45, 2.75) is 100 Å². The number of aliphatic hydroxyl groups excluding tert-OH is 1. The molecule has 0 saturated heterocycles. The van der Waals surface area contributed by atoms with E-state index in [9.17, 15) is 14.7 Å². The van der Waals surface area contributed by atoms with Crippen LogP contribution in [0, 0.1) is 39.4 Å². The van der Waals surface area contributed by atoms with Crippen molar-refractivity contribution in [3.05, 3.63) is 11.6 Å². The maximum atomic E-state index is 13.1. The van der Waals surface area contributed by atoms with Crippen LogP contribution in [0.4, 0.5) is 0 Å². The molecular weight excluding hydrogens is 360 g/mol. The van der Waals surface area contributed by atoms with Crippen molar-refractivity contribution < 1.29 is 14.7 Å². The zero-order chi connectivity index (χ0) is 22.0. The zero-order valence-electron chi connectivity index (χ0n) is 19.9. The Kier molecular flexibility index (Phi) is 5.51. The predicted molar refractivity (Wildman–Crippen MR) is 117 cm³/mol. The van der Waals surface area contributed by atoms with E-state index in [0.717, 1.165) is 19.3 Å². The highest BCUT2D eigenvalue weighted by molar-refractivity contribution is 5.92. The second-order valence-corrected chi connectivity index (χ2v) is 11.3. The van der Waals surface area contributed by atoms with Gasteiger partial charge in [0.2, 0.25) is 0 Å². The van der Waals surface area contributed by atoms with Crippen LogP contribution in [0.15, 0.2) is 11.6 Å². The first-order valence-electron chi connectivity index (χ1n) is 11.8. The van der Waals surface area contributed by atoms with Crippen molar-refractivity contribution in [1.29, 1.82) is 0 Å². The van der Waals surface area contributed by atoms with Crippen molar-refractivity contribution in [3.8, 4) is 0 Å². The first-order chi connectivity index (χ1) is 13.3. The Morgan fingerprint density at radius 2 is 1.86 bits per heavy atom. The topological polar surface area (TPSA) is 54.4 Å². The zero-order valence-corrected chi connectivity index (χ0v) is 19.9. The van der Waals surface area contributed by atoms with E-state index in [1.807, 2.05) is 13.0 Å². The molecule has 164 valence electrons. The van der Waals surface area contributed by atoms with Crippen LogP contribution in [0.2, 0.25) is 0 Å². The van der Waals surface area contributed by atoms with E-state index < -0.39 is 11.5 Å². The lowest BCUT2D eigenvalue weighted by Gasteiger charge is -2.69. The Morgan fingerprint density at radius 1 is 1.24 bits per heavy atom. The van der Waals surface area contributed by atoms with Gasteiger partial charge in [0.1, 0.15) is 5.78 Å². The molecule has 0 amide bonds. The van der Waals surface area contributed by atoms with Gasteiger partial charge >= 0.3 is 0 Å². The van der Waals surface area contributed by atoms with Crippen LogP contribution < -0.4 is 0 Å². The van der Waals surface area contributed by atoms with Gasteiger partial charge in [0.25, 0.3) is 0 Å². The van der Waals surface area contributed by atoms with Gasteiger partial charge in [-0.15, -0.1) is 0 Å². The van der Waals surface area contributed by atoms with E-state index in [4.69, 9.17) is 0 Å². The Hall–Kier alpha value is -0.960. The average Bonchev–Trinajstić information content (AvgIpc) is 2.68. The van der Waals surface area contributed by atoms with Crippen molar-refractivity contribution in [2.75, 3.05) is 0 Å². The standard InChI is InChI=1S/C26H42O3/c1-9-21(28)23(5,10-2)25(7)15-22(29)26(8)20(17(25)4)13-16(3)19-14-18(27)11-12-24(19,26)6/h14,16-17,20,22,29H,9-13,15H2,1-8H3/t16?,17?,20?,22-,23+,24-,25-,26?/m0/s1. The molecule has 0 spiro atoms. The molecule has 2 saturated carbocycles. The molecule has 1 N–H and O–H groups in total. The van der Waals surface area contributed by atoms with Gasteiger partial charge in [0, 0.05) is 23.7 Å². The smallest absolute Gasteiger partial charge is 0.155 e. The van der Waals surface area contributed by atoms with Gasteiger partial charge in [-0.3, -0.25) is 9.59 Å². The predicted octanol–water partition coefficient (Wildman–Crippen LogP) is 5.75. The van der Waals surface area contributed by atoms with Crippen LogP contribution >= 0.6 is 0 Å². The molecule has 3 aliphatic carbocycles. The largest absolute Gasteiger partial charge is 0.392 e. The molecule has 3 nitrogen and oxygen atoms in total. The molecule has 0 aromatic rings. The quantitative estimate of drug-likeness (QED) is 0.652. The Labute approximate surface area is 177 Å². The van der Waals surface area contributed by atoms with Crippen LogP contribution in [0.1, 0.15) is 93.9 Å². The van der Waals surface area contributed by atoms with Crippen molar-refractivity contribution in [3.63, 3.8) is 0 Å². The lowest BCUT2D eigenvalue weighted by atomic mass is 9.35. The summed E-state index contributed by atoms with van der Waals surface area (Å²) in [5.74, 6) is 1.56. The molecule has 3 heteroatoms. The normalized spacial score (nSPS) is 46.9. The van der Waals surface area contributed by atoms with Crippen molar-refractivity contribution >= 4 is 11.6 Å². The Morgan fingerprint density at radius 3 is 2.41 bits per heavy atom. The van der Waals surface area contributed by atoms with Crippen LogP contribution in [-0.4, -0.2) is 22.8 Å². The summed E-state index contributed by atoms with van der Waals surface area (Å²) in [5, 5.41) is 11.8.